The van der Waals surface area contributed by atoms with E-state index < -0.39 is 0 Å². The van der Waals surface area contributed by atoms with Crippen molar-refractivity contribution in [3.63, 3.8) is 0 Å². The molecule has 1 aromatic carbocycles. The van der Waals surface area contributed by atoms with Crippen LogP contribution in [-0.2, 0) is 6.42 Å². The molecule has 0 unspecified atom stereocenters. The van der Waals surface area contributed by atoms with Gasteiger partial charge in [0.15, 0.2) is 0 Å². The van der Waals surface area contributed by atoms with Crippen molar-refractivity contribution in [1.82, 2.24) is 0 Å². The van der Waals surface area contributed by atoms with Crippen molar-refractivity contribution in [2.75, 3.05) is 37.5 Å². The number of likely N-dealkylation sites (N-methyl/N-ethyl adjacent to an activating group) is 1. The fourth-order valence-corrected chi connectivity index (χ4v) is 1.83. The van der Waals surface area contributed by atoms with Gasteiger partial charge in [-0.1, -0.05) is 0 Å². The Morgan fingerprint density at radius 2 is 2.08 bits per heavy atom. The number of hydrogen-bond donors (Lipinski definition) is 0. The standard InChI is InChI=1S/C11H16N2/c1-12(2)10-4-5-11-9(8-10)6-7-13(11)3/h4-5,8H,6-7H2,1-3H3. The second-order valence-corrected chi connectivity index (χ2v) is 3.88. The molecule has 0 fully saturated rings. The van der Waals surface area contributed by atoms with E-state index in [1.807, 2.05) is 0 Å². The summed E-state index contributed by atoms with van der Waals surface area (Å²) in [6.45, 7) is 1.16. The van der Waals surface area contributed by atoms with Crippen molar-refractivity contribution in [2.24, 2.45) is 0 Å². The van der Waals surface area contributed by atoms with E-state index in [2.05, 4.69) is 49.1 Å². The summed E-state index contributed by atoms with van der Waals surface area (Å²) in [7, 11) is 6.32. The van der Waals surface area contributed by atoms with Crippen LogP contribution in [0.4, 0.5) is 11.4 Å². The minimum Gasteiger partial charge on any atom is -0.378 e. The molecule has 1 heterocycles. The zero-order valence-electron chi connectivity index (χ0n) is 8.54. The summed E-state index contributed by atoms with van der Waals surface area (Å²) in [5.74, 6) is 0. The lowest BCUT2D eigenvalue weighted by atomic mass is 10.1. The van der Waals surface area contributed by atoms with E-state index in [-0.39, 0.29) is 0 Å². The van der Waals surface area contributed by atoms with Gasteiger partial charge in [-0.05, 0) is 30.2 Å². The highest BCUT2D eigenvalue weighted by Gasteiger charge is 2.15. The Hall–Kier alpha value is -1.18. The van der Waals surface area contributed by atoms with E-state index in [1.165, 1.54) is 23.4 Å². The molecule has 0 aliphatic carbocycles. The Kier molecular flexibility index (Phi) is 1.91. The zero-order chi connectivity index (χ0) is 9.42. The van der Waals surface area contributed by atoms with Crippen molar-refractivity contribution in [3.05, 3.63) is 23.8 Å². The SMILES string of the molecule is CN(C)c1ccc2c(c1)CCN2C. The highest BCUT2D eigenvalue weighted by Crippen LogP contribution is 2.29. The molecular formula is C11H16N2. The average molecular weight is 176 g/mol. The van der Waals surface area contributed by atoms with Crippen LogP contribution >= 0.6 is 0 Å². The third-order valence-corrected chi connectivity index (χ3v) is 2.71. The summed E-state index contributed by atoms with van der Waals surface area (Å²) in [5.41, 5.74) is 4.17. The van der Waals surface area contributed by atoms with E-state index in [1.54, 1.807) is 0 Å². The molecule has 2 heteroatoms. The van der Waals surface area contributed by atoms with Crippen molar-refractivity contribution in [3.8, 4) is 0 Å². The van der Waals surface area contributed by atoms with Gasteiger partial charge in [-0.3, -0.25) is 0 Å². The molecule has 0 saturated carbocycles. The van der Waals surface area contributed by atoms with Gasteiger partial charge in [0.1, 0.15) is 0 Å². The van der Waals surface area contributed by atoms with Gasteiger partial charge in [-0.25, -0.2) is 0 Å². The van der Waals surface area contributed by atoms with Crippen molar-refractivity contribution >= 4 is 11.4 Å². The molecule has 1 aliphatic rings. The molecular weight excluding hydrogens is 160 g/mol. The molecule has 70 valence electrons. The second kappa shape index (κ2) is 2.95. The molecule has 2 rings (SSSR count). The van der Waals surface area contributed by atoms with Crippen LogP contribution in [0.1, 0.15) is 5.56 Å². The van der Waals surface area contributed by atoms with Crippen LogP contribution in [-0.4, -0.2) is 27.7 Å². The van der Waals surface area contributed by atoms with E-state index in [9.17, 15) is 0 Å². The van der Waals surface area contributed by atoms with Gasteiger partial charge >= 0.3 is 0 Å². The van der Waals surface area contributed by atoms with Crippen LogP contribution in [0.5, 0.6) is 0 Å². The van der Waals surface area contributed by atoms with Crippen LogP contribution in [0.2, 0.25) is 0 Å². The molecule has 0 saturated heterocycles. The van der Waals surface area contributed by atoms with Crippen molar-refractivity contribution in [2.45, 2.75) is 6.42 Å². The van der Waals surface area contributed by atoms with E-state index >= 15 is 0 Å². The molecule has 0 spiro atoms. The van der Waals surface area contributed by atoms with E-state index in [0.29, 0.717) is 0 Å². The third kappa shape index (κ3) is 1.37. The topological polar surface area (TPSA) is 6.48 Å². The molecule has 0 bridgehead atoms. The molecule has 0 atom stereocenters. The molecule has 0 aromatic heterocycles. The van der Waals surface area contributed by atoms with Crippen LogP contribution in [0.25, 0.3) is 0 Å². The normalized spacial score (nSPS) is 14.5. The molecule has 1 aromatic rings. The van der Waals surface area contributed by atoms with Gasteiger partial charge in [-0.2, -0.15) is 0 Å². The fraction of sp³-hybridized carbons (Fsp3) is 0.455. The minimum atomic E-state index is 1.16. The number of nitrogens with zero attached hydrogens (tertiary/aromatic N) is 2. The molecule has 0 radical (unpaired) electrons. The quantitative estimate of drug-likeness (QED) is 0.643. The molecule has 2 nitrogen and oxygen atoms in total. The Bertz CT molecular complexity index is 318. The Morgan fingerprint density at radius 1 is 1.31 bits per heavy atom. The molecule has 1 aliphatic heterocycles. The highest BCUT2D eigenvalue weighted by molar-refractivity contribution is 5.64. The molecule has 13 heavy (non-hydrogen) atoms. The first-order chi connectivity index (χ1) is 6.18. The fourth-order valence-electron chi connectivity index (χ4n) is 1.83. The summed E-state index contributed by atoms with van der Waals surface area (Å²) in [6, 6.07) is 6.69. The molecule has 0 amide bonds. The van der Waals surface area contributed by atoms with Gasteiger partial charge < -0.3 is 9.80 Å². The summed E-state index contributed by atoms with van der Waals surface area (Å²) in [6.07, 6.45) is 1.19. The van der Waals surface area contributed by atoms with Crippen LogP contribution < -0.4 is 9.80 Å². The zero-order valence-corrected chi connectivity index (χ0v) is 8.54. The second-order valence-electron chi connectivity index (χ2n) is 3.88. The number of benzene rings is 1. The van der Waals surface area contributed by atoms with Crippen LogP contribution in [0.3, 0.4) is 0 Å². The van der Waals surface area contributed by atoms with Crippen molar-refractivity contribution in [1.29, 1.82) is 0 Å². The maximum absolute atomic E-state index is 2.31. The lowest BCUT2D eigenvalue weighted by molar-refractivity contribution is 0.956. The Labute approximate surface area is 79.8 Å². The lowest BCUT2D eigenvalue weighted by Gasteiger charge is -2.15. The smallest absolute Gasteiger partial charge is 0.0398 e. The van der Waals surface area contributed by atoms with Gasteiger partial charge in [0.05, 0.1) is 0 Å². The largest absolute Gasteiger partial charge is 0.378 e. The van der Waals surface area contributed by atoms with Crippen LogP contribution in [0.15, 0.2) is 18.2 Å². The van der Waals surface area contributed by atoms with Gasteiger partial charge in [-0.15, -0.1) is 0 Å². The van der Waals surface area contributed by atoms with E-state index in [0.717, 1.165) is 6.54 Å². The maximum atomic E-state index is 2.31. The predicted molar refractivity (Wildman–Crippen MR) is 57.7 cm³/mol. The summed E-state index contributed by atoms with van der Waals surface area (Å²) in [4.78, 5) is 4.47. The van der Waals surface area contributed by atoms with Gasteiger partial charge in [0, 0.05) is 39.1 Å². The maximum Gasteiger partial charge on any atom is 0.0398 e. The lowest BCUT2D eigenvalue weighted by Crippen LogP contribution is -2.12. The monoisotopic (exact) mass is 176 g/mol. The Morgan fingerprint density at radius 3 is 2.77 bits per heavy atom. The average Bonchev–Trinajstić information content (AvgIpc) is 2.47. The summed E-state index contributed by atoms with van der Waals surface area (Å²) < 4.78 is 0. The first-order valence-corrected chi connectivity index (χ1v) is 4.70. The minimum absolute atomic E-state index is 1.16. The molecule has 0 N–H and O–H groups in total. The predicted octanol–water partition coefficient (Wildman–Crippen LogP) is 1.74. The highest BCUT2D eigenvalue weighted by atomic mass is 15.1. The first-order valence-electron chi connectivity index (χ1n) is 4.70. The van der Waals surface area contributed by atoms with E-state index in [4.69, 9.17) is 0 Å². The number of anilines is 2. The van der Waals surface area contributed by atoms with Gasteiger partial charge in [0.2, 0.25) is 0 Å². The van der Waals surface area contributed by atoms with Gasteiger partial charge in [0.25, 0.3) is 0 Å². The number of rotatable bonds is 1. The summed E-state index contributed by atoms with van der Waals surface area (Å²) in [5, 5.41) is 0. The summed E-state index contributed by atoms with van der Waals surface area (Å²) >= 11 is 0. The number of hydrogen-bond acceptors (Lipinski definition) is 2. The van der Waals surface area contributed by atoms with Crippen LogP contribution in [0, 0.1) is 0 Å². The Balaban J connectivity index is 2.40. The van der Waals surface area contributed by atoms with Crippen molar-refractivity contribution < 1.29 is 0 Å². The third-order valence-electron chi connectivity index (χ3n) is 2.71. The number of fused-ring (bicyclic) bond motifs is 1. The first kappa shape index (κ1) is 8.42.